The van der Waals surface area contributed by atoms with E-state index in [1.807, 2.05) is 19.1 Å². The van der Waals surface area contributed by atoms with Gasteiger partial charge in [0.1, 0.15) is 11.5 Å². The van der Waals surface area contributed by atoms with Crippen LogP contribution in [0.2, 0.25) is 5.02 Å². The summed E-state index contributed by atoms with van der Waals surface area (Å²) in [5.41, 5.74) is 0.665. The third kappa shape index (κ3) is 4.80. The van der Waals surface area contributed by atoms with Crippen molar-refractivity contribution in [3.05, 3.63) is 59.4 Å². The minimum Gasteiger partial charge on any atom is -0.497 e. The van der Waals surface area contributed by atoms with Gasteiger partial charge in [-0.2, -0.15) is 4.98 Å². The van der Waals surface area contributed by atoms with Gasteiger partial charge in [-0.05, 0) is 30.7 Å². The van der Waals surface area contributed by atoms with Crippen molar-refractivity contribution in [2.24, 2.45) is 0 Å². The quantitative estimate of drug-likeness (QED) is 0.616. The highest BCUT2D eigenvalue weighted by molar-refractivity contribution is 6.33. The van der Waals surface area contributed by atoms with E-state index in [0.29, 0.717) is 34.3 Å². The lowest BCUT2D eigenvalue weighted by Gasteiger charge is -2.17. The molecule has 28 heavy (non-hydrogen) atoms. The summed E-state index contributed by atoms with van der Waals surface area (Å²) in [6, 6.07) is 14.3. The molecule has 3 rings (SSSR count). The molecule has 0 bridgehead atoms. The number of amides is 1. The minimum atomic E-state index is -0.655. The number of aromatic nitrogens is 2. The summed E-state index contributed by atoms with van der Waals surface area (Å²) >= 11 is 6.14. The number of benzene rings is 2. The first kappa shape index (κ1) is 19.7. The normalized spacial score (nSPS) is 11.7. The second-order valence-electron chi connectivity index (χ2n) is 5.90. The molecule has 0 saturated carbocycles. The lowest BCUT2D eigenvalue weighted by molar-refractivity contribution is -0.128. The molecule has 0 aliphatic heterocycles. The van der Waals surface area contributed by atoms with Crippen molar-refractivity contribution in [1.82, 2.24) is 15.5 Å². The lowest BCUT2D eigenvalue weighted by Crippen LogP contribution is -2.37. The summed E-state index contributed by atoms with van der Waals surface area (Å²) in [5.74, 6) is 1.59. The van der Waals surface area contributed by atoms with E-state index in [4.69, 9.17) is 25.6 Å². The van der Waals surface area contributed by atoms with Crippen LogP contribution in [0.5, 0.6) is 11.5 Å². The molecule has 146 valence electrons. The molecule has 2 aromatic carbocycles. The third-order valence-electron chi connectivity index (χ3n) is 3.98. The molecule has 8 heteroatoms. The lowest BCUT2D eigenvalue weighted by atomic mass is 10.2. The molecule has 1 heterocycles. The van der Waals surface area contributed by atoms with E-state index in [0.717, 1.165) is 0 Å². The molecule has 0 aliphatic carbocycles. The molecular weight excluding hydrogens is 382 g/mol. The van der Waals surface area contributed by atoms with Crippen LogP contribution in [0, 0.1) is 0 Å². The second kappa shape index (κ2) is 9.23. The minimum absolute atomic E-state index is 0.0915. The Kier molecular flexibility index (Phi) is 6.49. The highest BCUT2D eigenvalue weighted by atomic mass is 35.5. The molecule has 0 spiro atoms. The fraction of sp³-hybridized carbons (Fsp3) is 0.250. The number of nitrogens with zero attached hydrogens (tertiary/aromatic N) is 2. The Morgan fingerprint density at radius 2 is 2.00 bits per heavy atom. The van der Waals surface area contributed by atoms with Crippen molar-refractivity contribution in [3.63, 3.8) is 0 Å². The van der Waals surface area contributed by atoms with Crippen LogP contribution < -0.4 is 14.8 Å². The van der Waals surface area contributed by atoms with Crippen LogP contribution in [-0.2, 0) is 11.3 Å². The Morgan fingerprint density at radius 1 is 1.21 bits per heavy atom. The van der Waals surface area contributed by atoms with Crippen LogP contribution in [0.15, 0.2) is 53.1 Å². The van der Waals surface area contributed by atoms with Crippen molar-refractivity contribution in [3.8, 4) is 22.9 Å². The van der Waals surface area contributed by atoms with Crippen molar-refractivity contribution >= 4 is 17.5 Å². The Labute approximate surface area is 167 Å². The molecule has 0 fully saturated rings. The van der Waals surface area contributed by atoms with Crippen LogP contribution >= 0.6 is 11.6 Å². The SMILES string of the molecule is CC[C@@H](Oc1cccc(OC)c1)C(=O)NCc1nc(-c2ccccc2Cl)no1. The molecule has 1 aromatic heterocycles. The maximum absolute atomic E-state index is 12.5. The van der Waals surface area contributed by atoms with Crippen LogP contribution in [-0.4, -0.2) is 29.3 Å². The first-order chi connectivity index (χ1) is 13.6. The highest BCUT2D eigenvalue weighted by Gasteiger charge is 2.20. The monoisotopic (exact) mass is 401 g/mol. The van der Waals surface area contributed by atoms with Gasteiger partial charge in [0.15, 0.2) is 6.10 Å². The first-order valence-electron chi connectivity index (χ1n) is 8.76. The number of rotatable bonds is 8. The van der Waals surface area contributed by atoms with Gasteiger partial charge in [0.25, 0.3) is 5.91 Å². The van der Waals surface area contributed by atoms with Crippen LogP contribution in [0.4, 0.5) is 0 Å². The molecule has 0 unspecified atom stereocenters. The predicted molar refractivity (Wildman–Crippen MR) is 104 cm³/mol. The van der Waals surface area contributed by atoms with Gasteiger partial charge in [0.2, 0.25) is 11.7 Å². The molecule has 1 atom stereocenters. The smallest absolute Gasteiger partial charge is 0.261 e. The summed E-state index contributed by atoms with van der Waals surface area (Å²) in [6.45, 7) is 1.96. The molecular formula is C20H20ClN3O4. The van der Waals surface area contributed by atoms with E-state index >= 15 is 0 Å². The van der Waals surface area contributed by atoms with Gasteiger partial charge in [-0.1, -0.05) is 41.9 Å². The maximum Gasteiger partial charge on any atom is 0.261 e. The van der Waals surface area contributed by atoms with Crippen LogP contribution in [0.1, 0.15) is 19.2 Å². The molecule has 1 amide bonds. The summed E-state index contributed by atoms with van der Waals surface area (Å²) in [6.07, 6.45) is -0.157. The second-order valence-corrected chi connectivity index (χ2v) is 6.31. The van der Waals surface area contributed by atoms with Gasteiger partial charge in [-0.25, -0.2) is 0 Å². The fourth-order valence-corrected chi connectivity index (χ4v) is 2.74. The zero-order valence-corrected chi connectivity index (χ0v) is 16.3. The van der Waals surface area contributed by atoms with Gasteiger partial charge in [0, 0.05) is 11.6 Å². The van der Waals surface area contributed by atoms with E-state index < -0.39 is 6.10 Å². The van der Waals surface area contributed by atoms with Gasteiger partial charge in [-0.15, -0.1) is 0 Å². The molecule has 3 aromatic rings. The van der Waals surface area contributed by atoms with E-state index in [1.165, 1.54) is 0 Å². The number of hydrogen-bond acceptors (Lipinski definition) is 6. The fourth-order valence-electron chi connectivity index (χ4n) is 2.52. The van der Waals surface area contributed by atoms with E-state index in [-0.39, 0.29) is 18.3 Å². The molecule has 7 nitrogen and oxygen atoms in total. The van der Waals surface area contributed by atoms with E-state index in [2.05, 4.69) is 15.5 Å². The third-order valence-corrected chi connectivity index (χ3v) is 4.31. The van der Waals surface area contributed by atoms with Crippen molar-refractivity contribution in [2.45, 2.75) is 26.0 Å². The average molecular weight is 402 g/mol. The van der Waals surface area contributed by atoms with Crippen LogP contribution in [0.25, 0.3) is 11.4 Å². The zero-order chi connectivity index (χ0) is 19.9. The summed E-state index contributed by atoms with van der Waals surface area (Å²) in [7, 11) is 1.57. The van der Waals surface area contributed by atoms with E-state index in [9.17, 15) is 4.79 Å². The average Bonchev–Trinajstić information content (AvgIpc) is 3.19. The predicted octanol–water partition coefficient (Wildman–Crippen LogP) is 3.87. The zero-order valence-electron chi connectivity index (χ0n) is 15.5. The van der Waals surface area contributed by atoms with Gasteiger partial charge < -0.3 is 19.3 Å². The highest BCUT2D eigenvalue weighted by Crippen LogP contribution is 2.25. The van der Waals surface area contributed by atoms with Gasteiger partial charge in [0.05, 0.1) is 18.7 Å². The Hall–Kier alpha value is -3.06. The molecule has 0 radical (unpaired) electrons. The maximum atomic E-state index is 12.5. The van der Waals surface area contributed by atoms with Gasteiger partial charge >= 0.3 is 0 Å². The van der Waals surface area contributed by atoms with Crippen molar-refractivity contribution < 1.29 is 18.8 Å². The number of carbonyl (C=O) groups is 1. The van der Waals surface area contributed by atoms with Crippen molar-refractivity contribution in [1.29, 1.82) is 0 Å². The number of methoxy groups -OCH3 is 1. The Bertz CT molecular complexity index is 944. The molecule has 0 aliphatic rings. The summed E-state index contributed by atoms with van der Waals surface area (Å²) < 4.78 is 16.1. The number of nitrogens with one attached hydrogen (secondary N) is 1. The van der Waals surface area contributed by atoms with Crippen LogP contribution in [0.3, 0.4) is 0 Å². The Balaban J connectivity index is 1.60. The summed E-state index contributed by atoms with van der Waals surface area (Å²) in [5, 5.41) is 7.19. The first-order valence-corrected chi connectivity index (χ1v) is 9.14. The number of halogens is 1. The van der Waals surface area contributed by atoms with E-state index in [1.54, 1.807) is 43.5 Å². The number of ether oxygens (including phenoxy) is 2. The molecule has 0 saturated heterocycles. The Morgan fingerprint density at radius 3 is 2.75 bits per heavy atom. The topological polar surface area (TPSA) is 86.5 Å². The van der Waals surface area contributed by atoms with Gasteiger partial charge in [-0.3, -0.25) is 4.79 Å². The number of carbonyl (C=O) groups excluding carboxylic acids is 1. The standard InChI is InChI=1S/C20H20ClN3O4/c1-3-17(27-14-8-6-7-13(11-14)26-2)20(25)22-12-18-23-19(24-28-18)15-9-4-5-10-16(15)21/h4-11,17H,3,12H2,1-2H3,(H,22,25)/t17-/m1/s1. The number of hydrogen-bond donors (Lipinski definition) is 1. The largest absolute Gasteiger partial charge is 0.497 e. The van der Waals surface area contributed by atoms with Crippen molar-refractivity contribution in [2.75, 3.05) is 7.11 Å². The summed E-state index contributed by atoms with van der Waals surface area (Å²) in [4.78, 5) is 16.7. The molecule has 1 N–H and O–H groups in total.